The molecule has 2 heterocycles. The van der Waals surface area contributed by atoms with E-state index in [1.54, 1.807) is 0 Å². The van der Waals surface area contributed by atoms with Crippen molar-refractivity contribution in [2.75, 3.05) is 13.2 Å². The van der Waals surface area contributed by atoms with Gasteiger partial charge >= 0.3 is 0 Å². The third-order valence-corrected chi connectivity index (χ3v) is 3.97. The molecule has 0 N–H and O–H groups in total. The molecule has 18 heavy (non-hydrogen) atoms. The summed E-state index contributed by atoms with van der Waals surface area (Å²) in [5.41, 5.74) is 1.35. The molecule has 2 saturated heterocycles. The number of hydrogen-bond acceptors (Lipinski definition) is 3. The van der Waals surface area contributed by atoms with Crippen LogP contribution in [-0.4, -0.2) is 41.4 Å². The molecule has 0 amide bonds. The maximum Gasteiger partial charge on any atom is 0.104 e. The third-order valence-electron chi connectivity index (χ3n) is 3.97. The molecule has 0 saturated carbocycles. The molecular formula is C15H27NO2. The Balaban J connectivity index is 2.05. The van der Waals surface area contributed by atoms with Crippen LogP contribution in [0.3, 0.4) is 0 Å². The Morgan fingerprint density at radius 3 is 2.17 bits per heavy atom. The summed E-state index contributed by atoms with van der Waals surface area (Å²) in [7, 11) is 0. The molecule has 2 rings (SSSR count). The van der Waals surface area contributed by atoms with Crippen LogP contribution in [0.1, 0.15) is 47.5 Å². The molecule has 3 nitrogen and oxygen atoms in total. The summed E-state index contributed by atoms with van der Waals surface area (Å²) in [4.78, 5) is 2.45. The molecule has 104 valence electrons. The van der Waals surface area contributed by atoms with Crippen LogP contribution in [0.5, 0.6) is 0 Å². The molecule has 2 aliphatic heterocycles. The summed E-state index contributed by atoms with van der Waals surface area (Å²) in [6, 6.07) is 0. The van der Waals surface area contributed by atoms with Crippen LogP contribution in [0.2, 0.25) is 0 Å². The summed E-state index contributed by atoms with van der Waals surface area (Å²) >= 11 is 0. The molecule has 0 aromatic rings. The maximum absolute atomic E-state index is 6.02. The fourth-order valence-corrected chi connectivity index (χ4v) is 3.75. The standard InChI is InChI=1S/C15H27NO2/c1-11(2)16-14(3,4)7-12(8-15(16,5)6)17-9-13-10-18-13/h12-13H,1,7-10H2,2-6H3. The Labute approximate surface area is 111 Å². The highest BCUT2D eigenvalue weighted by Crippen LogP contribution is 2.41. The van der Waals surface area contributed by atoms with Gasteiger partial charge in [-0.1, -0.05) is 6.58 Å². The zero-order valence-electron chi connectivity index (χ0n) is 12.5. The lowest BCUT2D eigenvalue weighted by Crippen LogP contribution is -2.61. The second kappa shape index (κ2) is 4.53. The molecule has 1 atom stereocenters. The zero-order chi connectivity index (χ0) is 13.6. The number of likely N-dealkylation sites (tertiary alicyclic amines) is 1. The topological polar surface area (TPSA) is 25.0 Å². The van der Waals surface area contributed by atoms with Gasteiger partial charge < -0.3 is 14.4 Å². The minimum absolute atomic E-state index is 0.0999. The Morgan fingerprint density at radius 2 is 1.78 bits per heavy atom. The number of ether oxygens (including phenoxy) is 2. The van der Waals surface area contributed by atoms with Gasteiger partial charge in [-0.3, -0.25) is 0 Å². The van der Waals surface area contributed by atoms with Gasteiger partial charge in [0.05, 0.1) is 19.3 Å². The lowest BCUT2D eigenvalue weighted by atomic mass is 9.77. The van der Waals surface area contributed by atoms with Gasteiger partial charge in [0.2, 0.25) is 0 Å². The van der Waals surface area contributed by atoms with Crippen LogP contribution in [-0.2, 0) is 9.47 Å². The number of piperidine rings is 1. The van der Waals surface area contributed by atoms with Gasteiger partial charge in [-0.05, 0) is 47.5 Å². The Hall–Kier alpha value is -0.540. The minimum atomic E-state index is 0.0999. The van der Waals surface area contributed by atoms with E-state index < -0.39 is 0 Å². The lowest BCUT2D eigenvalue weighted by Gasteiger charge is -2.56. The van der Waals surface area contributed by atoms with Crippen molar-refractivity contribution in [3.63, 3.8) is 0 Å². The quantitative estimate of drug-likeness (QED) is 0.720. The highest BCUT2D eigenvalue weighted by Gasteiger charge is 2.45. The number of hydrogen-bond donors (Lipinski definition) is 0. The van der Waals surface area contributed by atoms with Crippen LogP contribution < -0.4 is 0 Å². The molecule has 0 aliphatic carbocycles. The predicted molar refractivity (Wildman–Crippen MR) is 73.5 cm³/mol. The first-order valence-electron chi connectivity index (χ1n) is 6.91. The van der Waals surface area contributed by atoms with Crippen molar-refractivity contribution in [3.8, 4) is 0 Å². The Bertz CT molecular complexity index is 313. The van der Waals surface area contributed by atoms with Crippen LogP contribution in [0.15, 0.2) is 12.3 Å². The highest BCUT2D eigenvalue weighted by atomic mass is 16.6. The van der Waals surface area contributed by atoms with E-state index in [0.717, 1.165) is 31.8 Å². The molecule has 0 radical (unpaired) electrons. The van der Waals surface area contributed by atoms with Crippen LogP contribution in [0, 0.1) is 0 Å². The molecule has 0 spiro atoms. The first-order valence-corrected chi connectivity index (χ1v) is 6.91. The van der Waals surface area contributed by atoms with Crippen molar-refractivity contribution in [1.29, 1.82) is 0 Å². The van der Waals surface area contributed by atoms with Gasteiger partial charge in [-0.15, -0.1) is 0 Å². The summed E-state index contributed by atoms with van der Waals surface area (Å²) in [5, 5.41) is 0. The summed E-state index contributed by atoms with van der Waals surface area (Å²) < 4.78 is 11.2. The predicted octanol–water partition coefficient (Wildman–Crippen LogP) is 2.96. The van der Waals surface area contributed by atoms with Gasteiger partial charge in [0, 0.05) is 16.8 Å². The SMILES string of the molecule is C=C(C)N1C(C)(C)CC(OCC2CO2)CC1(C)C. The fourth-order valence-electron chi connectivity index (χ4n) is 3.75. The lowest BCUT2D eigenvalue weighted by molar-refractivity contribution is -0.0887. The van der Waals surface area contributed by atoms with E-state index >= 15 is 0 Å². The fraction of sp³-hybridized carbons (Fsp3) is 0.867. The third kappa shape index (κ3) is 2.89. The van der Waals surface area contributed by atoms with E-state index in [1.807, 2.05) is 0 Å². The van der Waals surface area contributed by atoms with Gasteiger partial charge in [-0.25, -0.2) is 0 Å². The average Bonchev–Trinajstić information content (AvgIpc) is 2.92. The van der Waals surface area contributed by atoms with E-state index in [2.05, 4.69) is 46.1 Å². The number of allylic oxidation sites excluding steroid dienone is 1. The van der Waals surface area contributed by atoms with Crippen LogP contribution in [0.25, 0.3) is 0 Å². The number of nitrogens with zero attached hydrogens (tertiary/aromatic N) is 1. The molecule has 0 bridgehead atoms. The summed E-state index contributed by atoms with van der Waals surface area (Å²) in [6.07, 6.45) is 2.79. The van der Waals surface area contributed by atoms with E-state index in [4.69, 9.17) is 9.47 Å². The van der Waals surface area contributed by atoms with E-state index in [-0.39, 0.29) is 11.1 Å². The Kier molecular flexibility index (Phi) is 3.50. The van der Waals surface area contributed by atoms with E-state index in [1.165, 1.54) is 0 Å². The maximum atomic E-state index is 6.02. The smallest absolute Gasteiger partial charge is 0.104 e. The highest BCUT2D eigenvalue weighted by molar-refractivity contribution is 5.09. The zero-order valence-corrected chi connectivity index (χ0v) is 12.5. The van der Waals surface area contributed by atoms with Gasteiger partial charge in [0.25, 0.3) is 0 Å². The normalized spacial score (nSPS) is 30.3. The Morgan fingerprint density at radius 1 is 1.28 bits per heavy atom. The molecule has 0 aromatic heterocycles. The van der Waals surface area contributed by atoms with Crippen molar-refractivity contribution in [2.24, 2.45) is 0 Å². The molecular weight excluding hydrogens is 226 g/mol. The van der Waals surface area contributed by atoms with E-state index in [9.17, 15) is 0 Å². The minimum Gasteiger partial charge on any atom is -0.375 e. The number of epoxide rings is 1. The molecule has 0 aromatic carbocycles. The molecule has 2 fully saturated rings. The van der Waals surface area contributed by atoms with Gasteiger partial charge in [-0.2, -0.15) is 0 Å². The second-order valence-corrected chi connectivity index (χ2v) is 7.01. The van der Waals surface area contributed by atoms with Crippen LogP contribution >= 0.6 is 0 Å². The van der Waals surface area contributed by atoms with E-state index in [0.29, 0.717) is 12.2 Å². The molecule has 2 aliphatic rings. The summed E-state index contributed by atoms with van der Waals surface area (Å²) in [6.45, 7) is 17.0. The first kappa shape index (κ1) is 13.9. The van der Waals surface area contributed by atoms with Gasteiger partial charge in [0.1, 0.15) is 6.10 Å². The van der Waals surface area contributed by atoms with Crippen molar-refractivity contribution < 1.29 is 9.47 Å². The number of rotatable bonds is 4. The van der Waals surface area contributed by atoms with Crippen molar-refractivity contribution in [3.05, 3.63) is 12.3 Å². The first-order chi connectivity index (χ1) is 8.22. The largest absolute Gasteiger partial charge is 0.375 e. The van der Waals surface area contributed by atoms with Gasteiger partial charge in [0.15, 0.2) is 0 Å². The average molecular weight is 253 g/mol. The molecule has 3 heteroatoms. The molecule has 1 unspecified atom stereocenters. The van der Waals surface area contributed by atoms with Crippen LogP contribution in [0.4, 0.5) is 0 Å². The second-order valence-electron chi connectivity index (χ2n) is 7.01. The van der Waals surface area contributed by atoms with Crippen molar-refractivity contribution >= 4 is 0 Å². The summed E-state index contributed by atoms with van der Waals surface area (Å²) in [5.74, 6) is 0. The monoisotopic (exact) mass is 253 g/mol. The van der Waals surface area contributed by atoms with Crippen molar-refractivity contribution in [2.45, 2.75) is 70.7 Å². The van der Waals surface area contributed by atoms with Crippen molar-refractivity contribution in [1.82, 2.24) is 4.90 Å².